The number of pyridine rings is 1. The molecule has 0 aliphatic heterocycles. The minimum Gasteiger partial charge on any atom is -0.267 e. The Morgan fingerprint density at radius 3 is 2.58 bits per heavy atom. The Balaban J connectivity index is 1.62. The van der Waals surface area contributed by atoms with E-state index in [9.17, 15) is 14.0 Å². The third-order valence-corrected chi connectivity index (χ3v) is 5.93. The van der Waals surface area contributed by atoms with E-state index in [0.29, 0.717) is 14.1 Å². The van der Waals surface area contributed by atoms with Crippen LogP contribution in [0.15, 0.2) is 72.9 Å². The molecule has 3 aromatic carbocycles. The third-order valence-electron chi connectivity index (χ3n) is 5.03. The summed E-state index contributed by atoms with van der Waals surface area (Å²) in [6.45, 7) is 1.87. The molecule has 2 amide bonds. The van der Waals surface area contributed by atoms with Crippen molar-refractivity contribution in [3.63, 3.8) is 0 Å². The van der Waals surface area contributed by atoms with E-state index < -0.39 is 17.6 Å². The number of carbonyl (C=O) groups is 2. The van der Waals surface area contributed by atoms with Crippen LogP contribution in [0, 0.1) is 28.2 Å². The van der Waals surface area contributed by atoms with Crippen LogP contribution in [0.5, 0.6) is 0 Å². The molecule has 7 heteroatoms. The summed E-state index contributed by atoms with van der Waals surface area (Å²) in [6.07, 6.45) is 1.69. The number of carbonyl (C=O) groups excluding carboxylic acids is 2. The second-order valence-electron chi connectivity index (χ2n) is 7.27. The van der Waals surface area contributed by atoms with Crippen LogP contribution < -0.4 is 5.84 Å². The van der Waals surface area contributed by atoms with Crippen LogP contribution in [0.4, 0.5) is 4.39 Å². The molecule has 5 nitrogen and oxygen atoms in total. The molecule has 1 aromatic heterocycles. The number of imide groups is 1. The first-order valence-electron chi connectivity index (χ1n) is 9.90. The van der Waals surface area contributed by atoms with Crippen LogP contribution in [0.1, 0.15) is 37.4 Å². The van der Waals surface area contributed by atoms with Crippen molar-refractivity contribution in [2.24, 2.45) is 5.84 Å². The highest BCUT2D eigenvalue weighted by Crippen LogP contribution is 2.19. The number of nitrogens with two attached hydrogens (primary N) is 1. The molecule has 0 fully saturated rings. The van der Waals surface area contributed by atoms with Crippen molar-refractivity contribution < 1.29 is 14.0 Å². The first-order valence-corrected chi connectivity index (χ1v) is 11.0. The van der Waals surface area contributed by atoms with E-state index in [1.807, 2.05) is 59.8 Å². The number of hydrogen-bond acceptors (Lipinski definition) is 4. The summed E-state index contributed by atoms with van der Waals surface area (Å²) in [4.78, 5) is 29.9. The molecule has 4 rings (SSSR count). The number of aromatic nitrogens is 1. The molecule has 0 atom stereocenters. The van der Waals surface area contributed by atoms with Gasteiger partial charge in [-0.3, -0.25) is 14.6 Å². The second-order valence-corrected chi connectivity index (χ2v) is 8.44. The molecule has 33 heavy (non-hydrogen) atoms. The van der Waals surface area contributed by atoms with Crippen LogP contribution in [0.3, 0.4) is 0 Å². The monoisotopic (exact) mass is 549 g/mol. The van der Waals surface area contributed by atoms with Gasteiger partial charge in [-0.1, -0.05) is 42.2 Å². The lowest BCUT2D eigenvalue weighted by molar-refractivity contribution is 0.0612. The van der Waals surface area contributed by atoms with Crippen molar-refractivity contribution in [3.8, 4) is 11.8 Å². The predicted molar refractivity (Wildman–Crippen MR) is 133 cm³/mol. The predicted octanol–water partition coefficient (Wildman–Crippen LogP) is 4.84. The van der Waals surface area contributed by atoms with Gasteiger partial charge in [0.2, 0.25) is 0 Å². The minimum absolute atomic E-state index is 0.170. The highest BCUT2D eigenvalue weighted by Gasteiger charge is 2.25. The van der Waals surface area contributed by atoms with Crippen molar-refractivity contribution in [2.75, 3.05) is 0 Å². The van der Waals surface area contributed by atoms with Crippen LogP contribution in [0.2, 0.25) is 0 Å². The Labute approximate surface area is 203 Å². The molecule has 162 valence electrons. The first kappa shape index (κ1) is 22.6. The van der Waals surface area contributed by atoms with Crippen molar-refractivity contribution in [3.05, 3.63) is 110 Å². The topological polar surface area (TPSA) is 76.3 Å². The van der Waals surface area contributed by atoms with Gasteiger partial charge in [0.05, 0.1) is 11.1 Å². The van der Waals surface area contributed by atoms with Crippen molar-refractivity contribution in [1.82, 2.24) is 9.99 Å². The summed E-state index contributed by atoms with van der Waals surface area (Å²) in [6, 6.07) is 18.7. The quantitative estimate of drug-likeness (QED) is 0.0970. The van der Waals surface area contributed by atoms with Crippen molar-refractivity contribution in [1.29, 1.82) is 0 Å². The molecule has 0 aliphatic rings. The Morgan fingerprint density at radius 2 is 1.79 bits per heavy atom. The Kier molecular flexibility index (Phi) is 6.49. The Bertz CT molecular complexity index is 1450. The van der Waals surface area contributed by atoms with E-state index in [1.54, 1.807) is 30.5 Å². The van der Waals surface area contributed by atoms with E-state index in [0.717, 1.165) is 28.1 Å². The number of aryl methyl sites for hydroxylation is 1. The lowest BCUT2D eigenvalue weighted by Crippen LogP contribution is -2.43. The molecule has 0 saturated heterocycles. The Morgan fingerprint density at radius 1 is 1.00 bits per heavy atom. The normalized spacial score (nSPS) is 10.4. The summed E-state index contributed by atoms with van der Waals surface area (Å²) in [5.41, 5.74) is 2.99. The maximum absolute atomic E-state index is 14.2. The zero-order valence-electron chi connectivity index (χ0n) is 17.5. The lowest BCUT2D eigenvalue weighted by atomic mass is 10.0. The summed E-state index contributed by atoms with van der Waals surface area (Å²) in [5.74, 6) is 9.50. The summed E-state index contributed by atoms with van der Waals surface area (Å²) < 4.78 is 14.5. The van der Waals surface area contributed by atoms with Gasteiger partial charge in [0, 0.05) is 31.8 Å². The highest BCUT2D eigenvalue weighted by atomic mass is 127. The standard InChI is InChI=1S/C26H17FIN3O2/c1-16-9-11-20(25(32)31(29)26(33)24-21(27)6-4-7-22(24)28)14-18(16)12-10-17-13-19-5-2-3-8-23(19)30-15-17/h2-9,11,13-15H,29H2,1H3. The van der Waals surface area contributed by atoms with Gasteiger partial charge in [-0.05, 0) is 71.5 Å². The van der Waals surface area contributed by atoms with Crippen molar-refractivity contribution >= 4 is 45.3 Å². The molecule has 0 aliphatic carbocycles. The first-order chi connectivity index (χ1) is 15.8. The lowest BCUT2D eigenvalue weighted by Gasteiger charge is -2.16. The molecule has 4 aromatic rings. The van der Waals surface area contributed by atoms with Crippen LogP contribution >= 0.6 is 22.6 Å². The SMILES string of the molecule is Cc1ccc(C(=O)N(N)C(=O)c2c(F)cccc2I)cc1C#Cc1cnc2ccccc2c1. The van der Waals surface area contributed by atoms with Gasteiger partial charge < -0.3 is 0 Å². The Hall–Kier alpha value is -3.61. The van der Waals surface area contributed by atoms with Gasteiger partial charge >= 0.3 is 0 Å². The van der Waals surface area contributed by atoms with Gasteiger partial charge in [0.15, 0.2) is 0 Å². The fraction of sp³-hybridized carbons (Fsp3) is 0.0385. The fourth-order valence-corrected chi connectivity index (χ4v) is 3.92. The van der Waals surface area contributed by atoms with Gasteiger partial charge in [-0.2, -0.15) is 0 Å². The highest BCUT2D eigenvalue weighted by molar-refractivity contribution is 14.1. The summed E-state index contributed by atoms with van der Waals surface area (Å²) >= 11 is 1.83. The third kappa shape index (κ3) is 4.77. The summed E-state index contributed by atoms with van der Waals surface area (Å²) in [5, 5.41) is 1.40. The number of halogens is 2. The van der Waals surface area contributed by atoms with Gasteiger partial charge in [0.1, 0.15) is 5.82 Å². The average Bonchev–Trinajstić information content (AvgIpc) is 2.82. The van der Waals surface area contributed by atoms with Gasteiger partial charge in [-0.25, -0.2) is 15.2 Å². The van der Waals surface area contributed by atoms with Gasteiger partial charge in [-0.15, -0.1) is 0 Å². The zero-order chi connectivity index (χ0) is 23.5. The fourth-order valence-electron chi connectivity index (χ4n) is 3.22. The molecule has 0 bridgehead atoms. The molecule has 0 saturated carbocycles. The molecular formula is C26H17FIN3O2. The number of hydrogen-bond donors (Lipinski definition) is 1. The van der Waals surface area contributed by atoms with E-state index >= 15 is 0 Å². The summed E-state index contributed by atoms with van der Waals surface area (Å²) in [7, 11) is 0. The molecule has 0 spiro atoms. The van der Waals surface area contributed by atoms with E-state index in [2.05, 4.69) is 16.8 Å². The van der Waals surface area contributed by atoms with Crippen LogP contribution in [0.25, 0.3) is 10.9 Å². The molecule has 0 radical (unpaired) electrons. The van der Waals surface area contributed by atoms with Gasteiger partial charge in [0.25, 0.3) is 11.8 Å². The number of hydrazine groups is 1. The molecular weight excluding hydrogens is 532 g/mol. The number of amides is 2. The molecule has 0 unspecified atom stereocenters. The zero-order valence-corrected chi connectivity index (χ0v) is 19.6. The van der Waals surface area contributed by atoms with Crippen LogP contribution in [-0.4, -0.2) is 21.8 Å². The average molecular weight is 549 g/mol. The number of nitrogens with zero attached hydrogens (tertiary/aromatic N) is 2. The number of rotatable bonds is 2. The maximum atomic E-state index is 14.2. The second kappa shape index (κ2) is 9.48. The largest absolute Gasteiger partial charge is 0.279 e. The maximum Gasteiger partial charge on any atom is 0.279 e. The van der Waals surface area contributed by atoms with Crippen molar-refractivity contribution in [2.45, 2.75) is 6.92 Å². The number of fused-ring (bicyclic) bond motifs is 1. The van der Waals surface area contributed by atoms with Crippen LogP contribution in [-0.2, 0) is 0 Å². The molecule has 1 heterocycles. The minimum atomic E-state index is -0.919. The number of benzene rings is 3. The number of para-hydroxylation sites is 1. The molecule has 2 N–H and O–H groups in total. The van der Waals surface area contributed by atoms with E-state index in [1.165, 1.54) is 6.07 Å². The van der Waals surface area contributed by atoms with E-state index in [4.69, 9.17) is 5.84 Å². The van der Waals surface area contributed by atoms with E-state index in [-0.39, 0.29) is 11.1 Å². The smallest absolute Gasteiger partial charge is 0.267 e.